The number of anilines is 1. The van der Waals surface area contributed by atoms with Crippen molar-refractivity contribution in [2.45, 2.75) is 13.5 Å². The molecule has 0 unspecified atom stereocenters. The number of hydrogen-bond acceptors (Lipinski definition) is 7. The number of aliphatic carboxylic acids is 2. The number of carbonyl (C=O) groups is 2. The second-order valence-corrected chi connectivity index (χ2v) is 7.26. The molecule has 1 heterocycles. The number of guanidine groups is 1. The molecule has 33 heavy (non-hydrogen) atoms. The first kappa shape index (κ1) is 25.1. The van der Waals surface area contributed by atoms with Gasteiger partial charge in [-0.15, -0.1) is 0 Å². The molecule has 5 N–H and O–H groups in total. The van der Waals surface area contributed by atoms with Crippen LogP contribution in [0, 0.1) is 0 Å². The van der Waals surface area contributed by atoms with E-state index in [4.69, 9.17) is 25.4 Å². The van der Waals surface area contributed by atoms with Crippen LogP contribution in [0.1, 0.15) is 12.5 Å². The minimum Gasteiger partial charge on any atom is -0.496 e. The number of ether oxygens (including phenoxy) is 2. The number of nitrogens with two attached hydrogens (primary N) is 1. The smallest absolute Gasteiger partial charge is 0.328 e. The molecule has 0 aliphatic carbocycles. The number of fused-ring (bicyclic) bond motifs is 1. The Morgan fingerprint density at radius 3 is 2.52 bits per heavy atom. The average molecular weight is 473 g/mol. The predicted octanol–water partition coefficient (Wildman–Crippen LogP) is 3.34. The maximum atomic E-state index is 9.55. The Kier molecular flexibility index (Phi) is 9.65. The lowest BCUT2D eigenvalue weighted by molar-refractivity contribution is -0.134. The topological polar surface area (TPSA) is 156 Å². The van der Waals surface area contributed by atoms with Crippen molar-refractivity contribution < 1.29 is 29.3 Å². The molecule has 0 amide bonds. The molecule has 0 saturated heterocycles. The quantitative estimate of drug-likeness (QED) is 0.219. The third-order valence-electron chi connectivity index (χ3n) is 3.89. The summed E-state index contributed by atoms with van der Waals surface area (Å²) in [4.78, 5) is 28.0. The van der Waals surface area contributed by atoms with Crippen LogP contribution in [0.15, 0.2) is 59.6 Å². The minimum absolute atomic E-state index is 0.315. The zero-order chi connectivity index (χ0) is 24.2. The van der Waals surface area contributed by atoms with Crippen LogP contribution in [0.5, 0.6) is 11.5 Å². The molecule has 2 aromatic carbocycles. The van der Waals surface area contributed by atoms with E-state index in [1.54, 1.807) is 7.11 Å². The molecule has 3 aromatic rings. The Balaban J connectivity index is 0.000000414. The fourth-order valence-electron chi connectivity index (χ4n) is 2.51. The lowest BCUT2D eigenvalue weighted by Crippen LogP contribution is -2.22. The molecule has 0 aliphatic heterocycles. The van der Waals surface area contributed by atoms with E-state index < -0.39 is 11.9 Å². The summed E-state index contributed by atoms with van der Waals surface area (Å²) in [6.45, 7) is 3.03. The number of methoxy groups -OCH3 is 1. The third-order valence-corrected chi connectivity index (χ3v) is 4.82. The van der Waals surface area contributed by atoms with Crippen molar-refractivity contribution in [2.75, 3.05) is 19.0 Å². The second kappa shape index (κ2) is 12.7. The Labute approximate surface area is 194 Å². The van der Waals surface area contributed by atoms with Crippen molar-refractivity contribution in [1.29, 1.82) is 0 Å². The second-order valence-electron chi connectivity index (χ2n) is 6.23. The van der Waals surface area contributed by atoms with E-state index >= 15 is 0 Å². The number of nitrogens with zero attached hydrogens (tertiary/aromatic N) is 2. The summed E-state index contributed by atoms with van der Waals surface area (Å²) < 4.78 is 11.9. The molecule has 0 aliphatic rings. The summed E-state index contributed by atoms with van der Waals surface area (Å²) in [6, 6.07) is 13.6. The van der Waals surface area contributed by atoms with Gasteiger partial charge in [0.05, 0.1) is 30.5 Å². The van der Waals surface area contributed by atoms with E-state index in [-0.39, 0.29) is 0 Å². The van der Waals surface area contributed by atoms with E-state index in [1.807, 2.05) is 49.4 Å². The predicted molar refractivity (Wildman–Crippen MR) is 127 cm³/mol. The highest BCUT2D eigenvalue weighted by molar-refractivity contribution is 7.22. The van der Waals surface area contributed by atoms with Crippen LogP contribution in [-0.2, 0) is 16.1 Å². The monoisotopic (exact) mass is 472 g/mol. The van der Waals surface area contributed by atoms with Gasteiger partial charge in [-0.2, -0.15) is 0 Å². The van der Waals surface area contributed by atoms with Gasteiger partial charge in [-0.25, -0.2) is 19.6 Å². The number of hydrogen-bond donors (Lipinski definition) is 4. The summed E-state index contributed by atoms with van der Waals surface area (Å²) >= 11 is 1.51. The van der Waals surface area contributed by atoms with Gasteiger partial charge in [0, 0.05) is 17.7 Å². The Morgan fingerprint density at radius 2 is 1.88 bits per heavy atom. The average Bonchev–Trinajstić information content (AvgIpc) is 3.18. The summed E-state index contributed by atoms with van der Waals surface area (Å²) in [7, 11) is 1.64. The van der Waals surface area contributed by atoms with Crippen molar-refractivity contribution in [3.05, 3.63) is 60.2 Å². The van der Waals surface area contributed by atoms with Gasteiger partial charge in [-0.05, 0) is 31.2 Å². The zero-order valence-electron chi connectivity index (χ0n) is 18.0. The number of carboxylic acids is 2. The Hall–Kier alpha value is -4.12. The van der Waals surface area contributed by atoms with E-state index in [1.165, 1.54) is 11.3 Å². The molecule has 0 radical (unpaired) electrons. The number of thiazole rings is 1. The van der Waals surface area contributed by atoms with Crippen molar-refractivity contribution in [3.8, 4) is 11.5 Å². The van der Waals surface area contributed by atoms with Crippen molar-refractivity contribution in [3.63, 3.8) is 0 Å². The molecular formula is C22H24N4O6S. The summed E-state index contributed by atoms with van der Waals surface area (Å²) in [5.41, 5.74) is 7.85. The van der Waals surface area contributed by atoms with E-state index in [0.717, 1.165) is 27.3 Å². The van der Waals surface area contributed by atoms with Crippen LogP contribution in [-0.4, -0.2) is 46.8 Å². The van der Waals surface area contributed by atoms with Gasteiger partial charge in [-0.3, -0.25) is 0 Å². The molecule has 3 rings (SSSR count). The molecule has 1 aromatic heterocycles. The first-order valence-electron chi connectivity index (χ1n) is 9.68. The summed E-state index contributed by atoms with van der Waals surface area (Å²) in [5.74, 6) is -0.569. The van der Waals surface area contributed by atoms with E-state index in [9.17, 15) is 9.59 Å². The molecule has 0 spiro atoms. The number of aromatic nitrogens is 1. The van der Waals surface area contributed by atoms with Gasteiger partial charge in [0.15, 0.2) is 11.1 Å². The first-order chi connectivity index (χ1) is 15.8. The number of benzene rings is 2. The van der Waals surface area contributed by atoms with Crippen LogP contribution >= 0.6 is 11.3 Å². The normalized spacial score (nSPS) is 11.0. The van der Waals surface area contributed by atoms with Gasteiger partial charge in [0.2, 0.25) is 0 Å². The number of carboxylic acid groups (broad SMARTS) is 2. The molecule has 10 nitrogen and oxygen atoms in total. The summed E-state index contributed by atoms with van der Waals surface area (Å²) in [5, 5.41) is 19.4. The van der Waals surface area contributed by atoms with Crippen molar-refractivity contribution >= 4 is 44.6 Å². The number of nitrogens with one attached hydrogen (secondary N) is 1. The number of aliphatic imine (C=N–C) groups is 1. The molecule has 0 atom stereocenters. The van der Waals surface area contributed by atoms with Gasteiger partial charge in [0.25, 0.3) is 0 Å². The van der Waals surface area contributed by atoms with Crippen LogP contribution in [0.3, 0.4) is 0 Å². The SMILES string of the molecule is CCOc1ccc2nc(NC(N)=NCc3ccccc3OC)sc2c1.O=C(O)/C=C/C(=O)O. The molecular weight excluding hydrogens is 448 g/mol. The lowest BCUT2D eigenvalue weighted by atomic mass is 10.2. The lowest BCUT2D eigenvalue weighted by Gasteiger charge is -2.06. The largest absolute Gasteiger partial charge is 0.496 e. The van der Waals surface area contributed by atoms with Gasteiger partial charge >= 0.3 is 11.9 Å². The zero-order valence-corrected chi connectivity index (χ0v) is 18.8. The maximum absolute atomic E-state index is 9.55. The summed E-state index contributed by atoms with van der Waals surface area (Å²) in [6.07, 6.45) is 1.12. The van der Waals surface area contributed by atoms with Crippen LogP contribution in [0.4, 0.5) is 5.13 Å². The highest BCUT2D eigenvalue weighted by Crippen LogP contribution is 2.29. The van der Waals surface area contributed by atoms with Crippen LogP contribution < -0.4 is 20.5 Å². The number of para-hydroxylation sites is 1. The molecule has 0 fully saturated rings. The molecule has 174 valence electrons. The first-order valence-corrected chi connectivity index (χ1v) is 10.5. The van der Waals surface area contributed by atoms with Crippen LogP contribution in [0.2, 0.25) is 0 Å². The van der Waals surface area contributed by atoms with Crippen LogP contribution in [0.25, 0.3) is 10.2 Å². The molecule has 0 saturated carbocycles. The van der Waals surface area contributed by atoms with E-state index in [0.29, 0.717) is 36.4 Å². The van der Waals surface area contributed by atoms with Crippen molar-refractivity contribution in [1.82, 2.24) is 4.98 Å². The fraction of sp³-hybridized carbons (Fsp3) is 0.182. The highest BCUT2D eigenvalue weighted by Gasteiger charge is 2.07. The Bertz CT molecular complexity index is 1140. The highest BCUT2D eigenvalue weighted by atomic mass is 32.1. The van der Waals surface area contributed by atoms with Gasteiger partial charge < -0.3 is 30.7 Å². The molecule has 0 bridgehead atoms. The fourth-order valence-corrected chi connectivity index (χ4v) is 3.41. The maximum Gasteiger partial charge on any atom is 0.328 e. The standard InChI is InChI=1S/C18H20N4O2S.C4H4O4/c1-3-24-13-8-9-14-16(10-13)25-18(21-14)22-17(19)20-11-12-6-4-5-7-15(12)23-2;5-3(6)1-2-4(7)8/h4-10H,3,11H2,1-2H3,(H3,19,20,21,22);1-2H,(H,5,6)(H,7,8)/b;2-1+. The van der Waals surface area contributed by atoms with E-state index in [2.05, 4.69) is 15.3 Å². The van der Waals surface area contributed by atoms with Crippen molar-refractivity contribution in [2.24, 2.45) is 10.7 Å². The Morgan fingerprint density at radius 1 is 1.18 bits per heavy atom. The third kappa shape index (κ3) is 8.50. The molecule has 11 heteroatoms. The number of rotatable bonds is 8. The van der Waals surface area contributed by atoms with Gasteiger partial charge in [0.1, 0.15) is 11.5 Å². The van der Waals surface area contributed by atoms with Gasteiger partial charge in [-0.1, -0.05) is 29.5 Å². The minimum atomic E-state index is -1.26.